The van der Waals surface area contributed by atoms with Gasteiger partial charge in [0.2, 0.25) is 0 Å². The summed E-state index contributed by atoms with van der Waals surface area (Å²) in [5.41, 5.74) is -0.846. The normalized spacial score (nSPS) is 44.2. The van der Waals surface area contributed by atoms with Crippen molar-refractivity contribution in [3.05, 3.63) is 0 Å². The average molecular weight is 523 g/mol. The van der Waals surface area contributed by atoms with E-state index in [2.05, 4.69) is 20.8 Å². The van der Waals surface area contributed by atoms with Gasteiger partial charge in [0.15, 0.2) is 6.61 Å². The quantitative estimate of drug-likeness (QED) is 0.447. The summed E-state index contributed by atoms with van der Waals surface area (Å²) >= 11 is 0. The molecule has 0 radical (unpaired) electrons. The lowest BCUT2D eigenvalue weighted by Crippen LogP contribution is -2.62. The first-order valence-corrected chi connectivity index (χ1v) is 14.6. The standard InChI is InChI=1S/C30H50O7/c1-17(7-10-25(34)36-16-26(35)37-28(2,3)4)20-8-9-21-27-22(15-24(33)30(20,21)6)29(5)12-11-19(31)13-18(29)14-23(27)32/h17-24,27,31-33H,7-16H2,1-6H3. The van der Waals surface area contributed by atoms with Crippen LogP contribution >= 0.6 is 0 Å². The fourth-order valence-corrected chi connectivity index (χ4v) is 9.26. The molecule has 7 heteroatoms. The van der Waals surface area contributed by atoms with Gasteiger partial charge in [-0.2, -0.15) is 0 Å². The van der Waals surface area contributed by atoms with Crippen LogP contribution in [0, 0.1) is 46.3 Å². The number of esters is 2. The Morgan fingerprint density at radius 3 is 2.35 bits per heavy atom. The van der Waals surface area contributed by atoms with Crippen LogP contribution in [0.25, 0.3) is 0 Å². The number of aliphatic hydroxyl groups is 3. The molecule has 7 nitrogen and oxygen atoms in total. The molecule has 37 heavy (non-hydrogen) atoms. The van der Waals surface area contributed by atoms with Crippen LogP contribution in [0.1, 0.15) is 99.3 Å². The van der Waals surface area contributed by atoms with Gasteiger partial charge in [-0.3, -0.25) is 4.79 Å². The molecular weight excluding hydrogens is 472 g/mol. The largest absolute Gasteiger partial charge is 0.457 e. The Labute approximate surface area is 222 Å². The highest BCUT2D eigenvalue weighted by atomic mass is 16.6. The summed E-state index contributed by atoms with van der Waals surface area (Å²) in [5, 5.41) is 33.4. The molecule has 11 unspecified atom stereocenters. The summed E-state index contributed by atoms with van der Waals surface area (Å²) in [6, 6.07) is 0. The third-order valence-corrected chi connectivity index (χ3v) is 11.1. The first-order valence-electron chi connectivity index (χ1n) is 14.6. The van der Waals surface area contributed by atoms with Crippen molar-refractivity contribution >= 4 is 11.9 Å². The Morgan fingerprint density at radius 2 is 1.68 bits per heavy atom. The Balaban J connectivity index is 1.39. The van der Waals surface area contributed by atoms with E-state index in [0.29, 0.717) is 18.8 Å². The number of rotatable bonds is 6. The van der Waals surface area contributed by atoms with Crippen molar-refractivity contribution in [2.45, 2.75) is 123 Å². The topological polar surface area (TPSA) is 113 Å². The van der Waals surface area contributed by atoms with Crippen molar-refractivity contribution < 1.29 is 34.4 Å². The molecule has 0 saturated heterocycles. The summed E-state index contributed by atoms with van der Waals surface area (Å²) < 4.78 is 10.4. The Morgan fingerprint density at radius 1 is 0.973 bits per heavy atom. The van der Waals surface area contributed by atoms with E-state index in [-0.39, 0.29) is 65.7 Å². The molecule has 0 heterocycles. The predicted molar refractivity (Wildman–Crippen MR) is 139 cm³/mol. The van der Waals surface area contributed by atoms with Gasteiger partial charge in [0.1, 0.15) is 5.60 Å². The van der Waals surface area contributed by atoms with Crippen LogP contribution in [0.3, 0.4) is 0 Å². The van der Waals surface area contributed by atoms with E-state index in [1.165, 1.54) is 0 Å². The van der Waals surface area contributed by atoms with Crippen molar-refractivity contribution in [1.82, 2.24) is 0 Å². The molecule has 0 aromatic rings. The molecule has 4 aliphatic rings. The van der Waals surface area contributed by atoms with Gasteiger partial charge >= 0.3 is 11.9 Å². The molecule has 212 valence electrons. The molecule has 11 atom stereocenters. The molecule has 3 N–H and O–H groups in total. The van der Waals surface area contributed by atoms with Gasteiger partial charge in [-0.15, -0.1) is 0 Å². The zero-order valence-electron chi connectivity index (χ0n) is 23.7. The average Bonchev–Trinajstić information content (AvgIpc) is 3.15. The third-order valence-electron chi connectivity index (χ3n) is 11.1. The molecule has 0 bridgehead atoms. The lowest BCUT2D eigenvalue weighted by molar-refractivity contribution is -0.207. The maximum absolute atomic E-state index is 12.4. The van der Waals surface area contributed by atoms with Gasteiger partial charge in [-0.05, 0) is 118 Å². The van der Waals surface area contributed by atoms with Crippen LogP contribution in [0.15, 0.2) is 0 Å². The lowest BCUT2D eigenvalue weighted by Gasteiger charge is -2.63. The van der Waals surface area contributed by atoms with E-state index in [9.17, 15) is 24.9 Å². The smallest absolute Gasteiger partial charge is 0.344 e. The fraction of sp³-hybridized carbons (Fsp3) is 0.933. The maximum atomic E-state index is 12.4. The summed E-state index contributed by atoms with van der Waals surface area (Å²) in [6.45, 7) is 11.7. The number of carbonyl (C=O) groups is 2. The molecule has 0 aromatic carbocycles. The Hall–Kier alpha value is -1.18. The SMILES string of the molecule is CC(CCC(=O)OCC(=O)OC(C)(C)C)C1CCC2C3C(O)CC4CC(O)CCC4(C)C3CC(O)C12C. The highest BCUT2D eigenvalue weighted by Gasteiger charge is 2.65. The second-order valence-electron chi connectivity index (χ2n) is 14.3. The van der Waals surface area contributed by atoms with Crippen LogP contribution in [-0.4, -0.2) is 57.8 Å². The number of aliphatic hydroxyl groups excluding tert-OH is 3. The van der Waals surface area contributed by atoms with E-state index in [0.717, 1.165) is 38.5 Å². The minimum atomic E-state index is -0.616. The number of hydrogen-bond donors (Lipinski definition) is 3. The van der Waals surface area contributed by atoms with Crippen LogP contribution < -0.4 is 0 Å². The molecule has 0 aromatic heterocycles. The number of hydrogen-bond acceptors (Lipinski definition) is 7. The molecule has 0 amide bonds. The fourth-order valence-electron chi connectivity index (χ4n) is 9.26. The highest BCUT2D eigenvalue weighted by molar-refractivity contribution is 5.76. The first kappa shape index (κ1) is 28.8. The Kier molecular flexibility index (Phi) is 8.12. The minimum Gasteiger partial charge on any atom is -0.457 e. The van der Waals surface area contributed by atoms with Crippen molar-refractivity contribution in [1.29, 1.82) is 0 Å². The molecule has 0 spiro atoms. The van der Waals surface area contributed by atoms with E-state index in [1.807, 2.05) is 0 Å². The zero-order valence-corrected chi connectivity index (χ0v) is 23.7. The number of ether oxygens (including phenoxy) is 2. The van der Waals surface area contributed by atoms with Crippen molar-refractivity contribution in [2.24, 2.45) is 46.3 Å². The highest BCUT2D eigenvalue weighted by Crippen LogP contribution is 2.68. The monoisotopic (exact) mass is 522 g/mol. The van der Waals surface area contributed by atoms with E-state index >= 15 is 0 Å². The van der Waals surface area contributed by atoms with Crippen LogP contribution in [0.5, 0.6) is 0 Å². The third kappa shape index (κ3) is 5.47. The molecular formula is C30H50O7. The molecule has 4 aliphatic carbocycles. The summed E-state index contributed by atoms with van der Waals surface area (Å²) in [7, 11) is 0. The Bertz CT molecular complexity index is 851. The molecule has 4 fully saturated rings. The van der Waals surface area contributed by atoms with Gasteiger partial charge in [0, 0.05) is 6.42 Å². The summed E-state index contributed by atoms with van der Waals surface area (Å²) in [6.07, 6.45) is 5.75. The van der Waals surface area contributed by atoms with Crippen LogP contribution in [0.2, 0.25) is 0 Å². The maximum Gasteiger partial charge on any atom is 0.344 e. The lowest BCUT2D eigenvalue weighted by atomic mass is 9.43. The molecule has 4 saturated carbocycles. The second-order valence-corrected chi connectivity index (χ2v) is 14.3. The van der Waals surface area contributed by atoms with Crippen molar-refractivity contribution in [3.63, 3.8) is 0 Å². The van der Waals surface area contributed by atoms with E-state index in [1.54, 1.807) is 20.8 Å². The first-order chi connectivity index (χ1) is 17.2. The van der Waals surface area contributed by atoms with Gasteiger partial charge in [-0.1, -0.05) is 20.8 Å². The van der Waals surface area contributed by atoms with Crippen LogP contribution in [0.4, 0.5) is 0 Å². The summed E-state index contributed by atoms with van der Waals surface area (Å²) in [5.74, 6) is 0.554. The minimum absolute atomic E-state index is 0.0625. The van der Waals surface area contributed by atoms with E-state index < -0.39 is 23.6 Å². The van der Waals surface area contributed by atoms with Gasteiger partial charge in [0.05, 0.1) is 18.3 Å². The van der Waals surface area contributed by atoms with E-state index in [4.69, 9.17) is 9.47 Å². The summed E-state index contributed by atoms with van der Waals surface area (Å²) in [4.78, 5) is 24.2. The zero-order chi connectivity index (χ0) is 27.3. The second kappa shape index (κ2) is 10.4. The van der Waals surface area contributed by atoms with Crippen molar-refractivity contribution in [3.8, 4) is 0 Å². The van der Waals surface area contributed by atoms with Gasteiger partial charge in [-0.25, -0.2) is 4.79 Å². The van der Waals surface area contributed by atoms with Crippen LogP contribution in [-0.2, 0) is 19.1 Å². The predicted octanol–water partition coefficient (Wildman–Crippen LogP) is 4.25. The van der Waals surface area contributed by atoms with Gasteiger partial charge in [0.25, 0.3) is 0 Å². The van der Waals surface area contributed by atoms with Gasteiger partial charge < -0.3 is 24.8 Å². The van der Waals surface area contributed by atoms with Crippen molar-refractivity contribution in [2.75, 3.05) is 6.61 Å². The molecule has 4 rings (SSSR count). The number of fused-ring (bicyclic) bond motifs is 5. The number of carbonyl (C=O) groups excluding carboxylic acids is 2. The molecule has 0 aliphatic heterocycles.